The van der Waals surface area contributed by atoms with Gasteiger partial charge in [0.25, 0.3) is 0 Å². The first-order valence-electron chi connectivity index (χ1n) is 6.54. The first-order valence-corrected chi connectivity index (χ1v) is 6.94. The summed E-state index contributed by atoms with van der Waals surface area (Å²) in [5.74, 6) is 6.12. The number of benzene rings is 1. The van der Waals surface area contributed by atoms with Crippen LogP contribution in [0.3, 0.4) is 0 Å². The summed E-state index contributed by atoms with van der Waals surface area (Å²) in [6, 6.07) is 5.90. The SMILES string of the molecule is COCC1CCCN1c1ccc(OC)c([N+](N)(O)S)c1. The molecule has 6 nitrogen and oxygen atoms in total. The van der Waals surface area contributed by atoms with Gasteiger partial charge in [-0.1, -0.05) is 0 Å². The van der Waals surface area contributed by atoms with Gasteiger partial charge in [-0.25, -0.2) is 0 Å². The molecular formula is C13H22N3O3S+. The van der Waals surface area contributed by atoms with Crippen LogP contribution in [0.1, 0.15) is 12.8 Å². The van der Waals surface area contributed by atoms with Crippen LogP contribution in [-0.2, 0) is 4.74 Å². The van der Waals surface area contributed by atoms with Crippen LogP contribution in [0.15, 0.2) is 18.2 Å². The first-order chi connectivity index (χ1) is 9.47. The van der Waals surface area contributed by atoms with Crippen molar-refractivity contribution in [3.63, 3.8) is 0 Å². The average Bonchev–Trinajstić information content (AvgIpc) is 2.85. The smallest absolute Gasteiger partial charge is 0.241 e. The van der Waals surface area contributed by atoms with E-state index in [9.17, 15) is 5.21 Å². The Balaban J connectivity index is 2.33. The summed E-state index contributed by atoms with van der Waals surface area (Å²) in [5.41, 5.74) is 1.38. The van der Waals surface area contributed by atoms with Crippen molar-refractivity contribution in [1.82, 2.24) is 4.16 Å². The van der Waals surface area contributed by atoms with Gasteiger partial charge in [0.2, 0.25) is 5.69 Å². The summed E-state index contributed by atoms with van der Waals surface area (Å²) in [5, 5.41) is 9.89. The summed E-state index contributed by atoms with van der Waals surface area (Å²) in [4.78, 5) is 2.26. The van der Waals surface area contributed by atoms with Crippen molar-refractivity contribution in [3.8, 4) is 5.75 Å². The standard InChI is InChI=1S/C13H22N3O3S/c1-18-9-11-4-3-7-15(11)10-5-6-13(19-2)12(8-10)16(14,17)20/h5-6,8,11,17,20H,3-4,7,9,14H2,1-2H3/q+1. The number of anilines is 1. The minimum Gasteiger partial charge on any atom is -0.491 e. The van der Waals surface area contributed by atoms with E-state index in [2.05, 4.69) is 17.7 Å². The lowest BCUT2D eigenvalue weighted by atomic mass is 10.2. The summed E-state index contributed by atoms with van der Waals surface area (Å²) >= 11 is 3.97. The zero-order valence-corrected chi connectivity index (χ0v) is 12.7. The predicted molar refractivity (Wildman–Crippen MR) is 82.0 cm³/mol. The van der Waals surface area contributed by atoms with Crippen molar-refractivity contribution in [2.75, 3.05) is 32.3 Å². The molecule has 7 heteroatoms. The number of rotatable bonds is 5. The van der Waals surface area contributed by atoms with Gasteiger partial charge in [0.1, 0.15) is 12.8 Å². The minimum atomic E-state index is -1.06. The van der Waals surface area contributed by atoms with E-state index < -0.39 is 4.16 Å². The van der Waals surface area contributed by atoms with Crippen molar-refractivity contribution in [2.45, 2.75) is 18.9 Å². The summed E-state index contributed by atoms with van der Waals surface area (Å²) in [6.07, 6.45) is 2.22. The zero-order valence-electron chi connectivity index (χ0n) is 11.8. The van der Waals surface area contributed by atoms with Crippen LogP contribution in [0.4, 0.5) is 11.4 Å². The van der Waals surface area contributed by atoms with Gasteiger partial charge in [-0.3, -0.25) is 0 Å². The fourth-order valence-corrected chi connectivity index (χ4v) is 2.81. The third kappa shape index (κ3) is 3.18. The number of hydrogen-bond acceptors (Lipinski definition) is 6. The number of quaternary nitrogens is 1. The fourth-order valence-electron chi connectivity index (χ4n) is 2.66. The van der Waals surface area contributed by atoms with E-state index in [-0.39, 0.29) is 0 Å². The molecule has 0 amide bonds. The van der Waals surface area contributed by atoms with Crippen molar-refractivity contribution >= 4 is 24.2 Å². The Morgan fingerprint density at radius 2 is 2.25 bits per heavy atom. The van der Waals surface area contributed by atoms with Crippen LogP contribution >= 0.6 is 12.8 Å². The maximum atomic E-state index is 9.89. The lowest BCUT2D eigenvalue weighted by Gasteiger charge is -2.27. The van der Waals surface area contributed by atoms with E-state index in [0.29, 0.717) is 24.1 Å². The highest BCUT2D eigenvalue weighted by Crippen LogP contribution is 2.37. The summed E-state index contributed by atoms with van der Waals surface area (Å²) in [7, 11) is 3.24. The van der Waals surface area contributed by atoms with Gasteiger partial charge in [0.05, 0.1) is 19.8 Å². The maximum Gasteiger partial charge on any atom is 0.241 e. The van der Waals surface area contributed by atoms with Crippen LogP contribution in [0.2, 0.25) is 0 Å². The second-order valence-electron chi connectivity index (χ2n) is 4.95. The molecule has 0 aromatic heterocycles. The average molecular weight is 300 g/mol. The lowest BCUT2D eigenvalue weighted by Crippen LogP contribution is -2.43. The van der Waals surface area contributed by atoms with Crippen molar-refractivity contribution in [2.24, 2.45) is 5.84 Å². The molecule has 1 saturated heterocycles. The maximum absolute atomic E-state index is 9.89. The van der Waals surface area contributed by atoms with Crippen LogP contribution in [0.5, 0.6) is 5.75 Å². The molecule has 1 fully saturated rings. The highest BCUT2D eigenvalue weighted by atomic mass is 32.1. The Bertz CT molecular complexity index is 465. The molecule has 2 rings (SSSR count). The van der Waals surface area contributed by atoms with E-state index in [0.717, 1.165) is 25.1 Å². The normalized spacial score (nSPS) is 21.9. The molecule has 1 aliphatic rings. The largest absolute Gasteiger partial charge is 0.491 e. The highest BCUT2D eigenvalue weighted by Gasteiger charge is 2.30. The lowest BCUT2D eigenvalue weighted by molar-refractivity contribution is 0.0244. The quantitative estimate of drug-likeness (QED) is 0.334. The Morgan fingerprint density at radius 3 is 2.85 bits per heavy atom. The topological polar surface area (TPSA) is 68.0 Å². The predicted octanol–water partition coefficient (Wildman–Crippen LogP) is 1.73. The van der Waals surface area contributed by atoms with E-state index in [1.807, 2.05) is 6.07 Å². The van der Waals surface area contributed by atoms with E-state index in [1.165, 1.54) is 7.11 Å². The van der Waals surface area contributed by atoms with Gasteiger partial charge in [0.15, 0.2) is 5.75 Å². The van der Waals surface area contributed by atoms with Gasteiger partial charge in [-0.05, 0) is 29.1 Å². The molecule has 3 N–H and O–H groups in total. The molecule has 0 aliphatic carbocycles. The number of hydrogen-bond donors (Lipinski definition) is 3. The first kappa shape index (κ1) is 15.4. The molecule has 1 heterocycles. The third-order valence-corrected chi connectivity index (χ3v) is 3.80. The Labute approximate surface area is 124 Å². The van der Waals surface area contributed by atoms with Crippen molar-refractivity contribution in [1.29, 1.82) is 0 Å². The molecule has 0 saturated carbocycles. The fraction of sp³-hybridized carbons (Fsp3) is 0.538. The van der Waals surface area contributed by atoms with Gasteiger partial charge in [-0.15, -0.1) is 5.84 Å². The van der Waals surface area contributed by atoms with Crippen LogP contribution in [0.25, 0.3) is 0 Å². The molecule has 2 atom stereocenters. The molecular weight excluding hydrogens is 278 g/mol. The molecule has 2 unspecified atom stereocenters. The van der Waals surface area contributed by atoms with Gasteiger partial charge in [-0.2, -0.15) is 5.21 Å². The minimum absolute atomic E-state index is 0.347. The highest BCUT2D eigenvalue weighted by molar-refractivity contribution is 7.79. The molecule has 1 aromatic carbocycles. The summed E-state index contributed by atoms with van der Waals surface area (Å²) < 4.78 is 9.42. The Morgan fingerprint density at radius 1 is 1.50 bits per heavy atom. The molecule has 0 spiro atoms. The van der Waals surface area contributed by atoms with E-state index in [1.54, 1.807) is 19.2 Å². The molecule has 1 aliphatic heterocycles. The second kappa shape index (κ2) is 6.19. The Hall–Kier alpha value is -0.990. The monoisotopic (exact) mass is 300 g/mol. The number of thiol groups is 1. The van der Waals surface area contributed by atoms with Gasteiger partial charge >= 0.3 is 0 Å². The van der Waals surface area contributed by atoms with Crippen LogP contribution in [0, 0.1) is 0 Å². The van der Waals surface area contributed by atoms with Gasteiger partial charge in [0, 0.05) is 25.4 Å². The molecule has 20 heavy (non-hydrogen) atoms. The third-order valence-electron chi connectivity index (χ3n) is 3.58. The van der Waals surface area contributed by atoms with E-state index in [4.69, 9.17) is 15.3 Å². The van der Waals surface area contributed by atoms with Crippen LogP contribution < -0.4 is 19.6 Å². The molecule has 0 radical (unpaired) electrons. The number of nitrogens with zero attached hydrogens (tertiary/aromatic N) is 2. The molecule has 112 valence electrons. The number of ether oxygens (including phenoxy) is 2. The van der Waals surface area contributed by atoms with E-state index >= 15 is 0 Å². The zero-order chi connectivity index (χ0) is 14.8. The number of nitrogens with two attached hydrogens (primary N) is 1. The molecule has 1 aromatic rings. The Kier molecular flexibility index (Phi) is 4.77. The van der Waals surface area contributed by atoms with Crippen molar-refractivity contribution < 1.29 is 14.7 Å². The number of methoxy groups -OCH3 is 2. The van der Waals surface area contributed by atoms with Gasteiger partial charge < -0.3 is 14.4 Å². The van der Waals surface area contributed by atoms with Crippen LogP contribution in [-0.4, -0.2) is 38.6 Å². The second-order valence-corrected chi connectivity index (χ2v) is 5.56. The van der Waals surface area contributed by atoms with Crippen molar-refractivity contribution in [3.05, 3.63) is 18.2 Å². The molecule has 0 bridgehead atoms. The summed E-state index contributed by atoms with van der Waals surface area (Å²) in [6.45, 7) is 1.65.